The molecule has 0 rings (SSSR count). The van der Waals surface area contributed by atoms with Gasteiger partial charge in [0.2, 0.25) is 11.8 Å². The fourth-order valence-electron chi connectivity index (χ4n) is 7.36. The van der Waals surface area contributed by atoms with Crippen molar-refractivity contribution in [2.75, 3.05) is 19.6 Å². The maximum atomic E-state index is 13.3. The molecule has 0 saturated heterocycles. The van der Waals surface area contributed by atoms with Gasteiger partial charge in [0.1, 0.15) is 0 Å². The number of hydrogen-bond donors (Lipinski definition) is 5. The first-order valence-corrected chi connectivity index (χ1v) is 23.3. The highest BCUT2D eigenvalue weighted by Gasteiger charge is 2.22. The first-order valence-electron chi connectivity index (χ1n) is 23.3. The molecule has 0 fully saturated rings. The predicted octanol–water partition coefficient (Wildman–Crippen LogP) is 10.3. The molecule has 1 unspecified atom stereocenters. The Kier molecular flexibility index (Phi) is 38.1. The van der Waals surface area contributed by atoms with Crippen LogP contribution in [0.4, 0.5) is 0 Å². The van der Waals surface area contributed by atoms with Crippen LogP contribution in [-0.2, 0) is 14.4 Å². The number of aliphatic carboxylic acids is 1. The number of carboxylic acid groups (broad SMARTS) is 1. The number of amides is 2. The van der Waals surface area contributed by atoms with Gasteiger partial charge < -0.3 is 32.5 Å². The van der Waals surface area contributed by atoms with E-state index in [9.17, 15) is 19.5 Å². The molecule has 0 aliphatic rings. The second kappa shape index (κ2) is 39.9. The van der Waals surface area contributed by atoms with E-state index in [2.05, 4.69) is 24.2 Å². The summed E-state index contributed by atoms with van der Waals surface area (Å²) in [6.07, 6.45) is 42.0. The van der Waals surface area contributed by atoms with Crippen molar-refractivity contribution in [3.63, 3.8) is 0 Å². The Labute approximate surface area is 338 Å². The minimum absolute atomic E-state index is 0.0143. The lowest BCUT2D eigenvalue weighted by atomic mass is 10.0. The number of nitrogens with one attached hydrogen (secondary N) is 1. The number of aliphatic imine (C=N–C) groups is 1. The van der Waals surface area contributed by atoms with Crippen molar-refractivity contribution >= 4 is 23.7 Å². The van der Waals surface area contributed by atoms with Crippen molar-refractivity contribution in [2.24, 2.45) is 22.2 Å². The van der Waals surface area contributed by atoms with Crippen molar-refractivity contribution in [1.29, 1.82) is 0 Å². The number of hydrogen-bond acceptors (Lipinski definition) is 5. The van der Waals surface area contributed by atoms with E-state index in [0.717, 1.165) is 25.7 Å². The Morgan fingerprint density at radius 3 is 1.13 bits per heavy atom. The summed E-state index contributed by atoms with van der Waals surface area (Å²) in [6.45, 7) is 5.85. The van der Waals surface area contributed by atoms with Crippen LogP contribution in [0.25, 0.3) is 0 Å². The summed E-state index contributed by atoms with van der Waals surface area (Å²) in [4.78, 5) is 43.0. The molecule has 10 nitrogen and oxygen atoms in total. The molecule has 2 amide bonds. The lowest BCUT2D eigenvalue weighted by Gasteiger charge is -2.23. The number of carbonyl (C=O) groups excluding carboxylic acids is 2. The van der Waals surface area contributed by atoms with Crippen molar-refractivity contribution < 1.29 is 19.5 Å². The van der Waals surface area contributed by atoms with Crippen LogP contribution in [0, 0.1) is 0 Å². The van der Waals surface area contributed by atoms with E-state index >= 15 is 0 Å². The third kappa shape index (κ3) is 35.8. The number of rotatable bonds is 42. The summed E-state index contributed by atoms with van der Waals surface area (Å²) >= 11 is 0. The molecule has 10 heteroatoms. The third-order valence-corrected chi connectivity index (χ3v) is 11.0. The molecule has 0 aliphatic carbocycles. The second-order valence-electron chi connectivity index (χ2n) is 16.3. The van der Waals surface area contributed by atoms with Crippen LogP contribution in [0.2, 0.25) is 0 Å². The van der Waals surface area contributed by atoms with Gasteiger partial charge in [-0.15, -0.1) is 0 Å². The summed E-state index contributed by atoms with van der Waals surface area (Å²) in [5.74, 6) is -2.09. The zero-order valence-electron chi connectivity index (χ0n) is 36.1. The Morgan fingerprint density at radius 2 is 0.836 bits per heavy atom. The largest absolute Gasteiger partial charge is 0.480 e. The maximum absolute atomic E-state index is 13.3. The molecule has 0 aliphatic heterocycles. The number of unbranched alkanes of at least 4 members (excludes halogenated alkanes) is 30. The monoisotopic (exact) mass is 779 g/mol. The second-order valence-corrected chi connectivity index (χ2v) is 16.3. The van der Waals surface area contributed by atoms with Gasteiger partial charge in [0.25, 0.3) is 0 Å². The van der Waals surface area contributed by atoms with Crippen LogP contribution >= 0.6 is 0 Å². The molecule has 0 aromatic heterocycles. The summed E-state index contributed by atoms with van der Waals surface area (Å²) < 4.78 is 0. The van der Waals surface area contributed by atoms with Crippen LogP contribution in [-0.4, -0.2) is 65.5 Å². The van der Waals surface area contributed by atoms with E-state index in [4.69, 9.17) is 17.2 Å². The first kappa shape index (κ1) is 52.6. The van der Waals surface area contributed by atoms with Gasteiger partial charge in [-0.3, -0.25) is 9.59 Å². The zero-order chi connectivity index (χ0) is 40.6. The van der Waals surface area contributed by atoms with E-state index in [-0.39, 0.29) is 31.3 Å². The van der Waals surface area contributed by atoms with Crippen LogP contribution in [0.5, 0.6) is 0 Å². The minimum Gasteiger partial charge on any atom is -0.480 e. The van der Waals surface area contributed by atoms with Gasteiger partial charge in [0.15, 0.2) is 12.0 Å². The average Bonchev–Trinajstić information content (AvgIpc) is 3.16. The van der Waals surface area contributed by atoms with E-state index < -0.39 is 24.0 Å². The molecule has 0 radical (unpaired) electrons. The maximum Gasteiger partial charge on any atom is 0.328 e. The highest BCUT2D eigenvalue weighted by molar-refractivity contribution is 5.87. The molecule has 55 heavy (non-hydrogen) atoms. The molecule has 0 aromatic carbocycles. The fraction of sp³-hybridized carbons (Fsp3) is 0.911. The Balaban J connectivity index is 4.43. The molecular weight excluding hydrogens is 689 g/mol. The van der Waals surface area contributed by atoms with Gasteiger partial charge in [-0.2, -0.15) is 0 Å². The Hall–Kier alpha value is -2.36. The minimum atomic E-state index is -1.19. The Bertz CT molecular complexity index is 893. The lowest BCUT2D eigenvalue weighted by molar-refractivity contribution is -0.138. The molecule has 8 N–H and O–H groups in total. The van der Waals surface area contributed by atoms with Crippen molar-refractivity contribution in [2.45, 2.75) is 244 Å². The van der Waals surface area contributed by atoms with Gasteiger partial charge in [-0.1, -0.05) is 206 Å². The van der Waals surface area contributed by atoms with Gasteiger partial charge in [-0.05, 0) is 25.7 Å². The molecule has 324 valence electrons. The zero-order valence-corrected chi connectivity index (χ0v) is 36.1. The number of nitrogens with two attached hydrogens (primary N) is 3. The Morgan fingerprint density at radius 1 is 0.527 bits per heavy atom. The first-order chi connectivity index (χ1) is 26.7. The third-order valence-electron chi connectivity index (χ3n) is 11.0. The summed E-state index contributed by atoms with van der Waals surface area (Å²) in [5, 5.41) is 12.0. The fourth-order valence-corrected chi connectivity index (χ4v) is 7.36. The molecule has 0 bridgehead atoms. The molecular formula is C45H90N6O4. The van der Waals surface area contributed by atoms with Gasteiger partial charge >= 0.3 is 5.97 Å². The SMILES string of the molecule is CCCCCCCCCCCCCCCCCCN(CCCCCCCCCCCCCCCCCC)C(=O)CNC(=O)[C@@H](N)CCC(N=C(N)N)C(=O)O. The van der Waals surface area contributed by atoms with Crippen molar-refractivity contribution in [3.05, 3.63) is 0 Å². The van der Waals surface area contributed by atoms with E-state index in [1.165, 1.54) is 180 Å². The number of carbonyl (C=O) groups is 3. The normalized spacial score (nSPS) is 12.3. The standard InChI is InChI=1S/C45H90N6O4/c1-3-5-7-9-11-13-15-17-19-21-23-25-27-29-31-33-37-51(38-34-32-30-28-26-24-22-20-18-16-14-12-10-8-6-4-2)42(52)39-49-43(53)40(46)35-36-41(44(54)55)50-45(47)48/h40-41H,3-39,46H2,1-2H3,(H,49,53)(H,54,55)(H4,47,48,50)/t40-,41?/m0/s1. The van der Waals surface area contributed by atoms with Crippen LogP contribution < -0.4 is 22.5 Å². The number of carboxylic acids is 1. The van der Waals surface area contributed by atoms with Gasteiger partial charge in [0, 0.05) is 13.1 Å². The predicted molar refractivity (Wildman–Crippen MR) is 233 cm³/mol. The summed E-state index contributed by atoms with van der Waals surface area (Å²) in [6, 6.07) is -2.13. The summed E-state index contributed by atoms with van der Waals surface area (Å²) in [5.41, 5.74) is 16.7. The van der Waals surface area contributed by atoms with Crippen LogP contribution in [0.3, 0.4) is 0 Å². The molecule has 0 saturated carbocycles. The highest BCUT2D eigenvalue weighted by atomic mass is 16.4. The molecule has 2 atom stereocenters. The van der Waals surface area contributed by atoms with E-state index in [0.29, 0.717) is 13.1 Å². The van der Waals surface area contributed by atoms with E-state index in [1.807, 2.05) is 4.90 Å². The summed E-state index contributed by atoms with van der Waals surface area (Å²) in [7, 11) is 0. The smallest absolute Gasteiger partial charge is 0.328 e. The topological polar surface area (TPSA) is 177 Å². The van der Waals surface area contributed by atoms with Crippen molar-refractivity contribution in [3.8, 4) is 0 Å². The van der Waals surface area contributed by atoms with Crippen molar-refractivity contribution in [1.82, 2.24) is 10.2 Å². The van der Waals surface area contributed by atoms with Gasteiger partial charge in [-0.25, -0.2) is 9.79 Å². The molecule has 0 aromatic rings. The van der Waals surface area contributed by atoms with E-state index in [1.54, 1.807) is 0 Å². The lowest BCUT2D eigenvalue weighted by Crippen LogP contribution is -2.46. The highest BCUT2D eigenvalue weighted by Crippen LogP contribution is 2.16. The van der Waals surface area contributed by atoms with Gasteiger partial charge in [0.05, 0.1) is 12.6 Å². The average molecular weight is 779 g/mol. The molecule has 0 heterocycles. The number of guanidine groups is 1. The number of nitrogens with zero attached hydrogens (tertiary/aromatic N) is 2. The van der Waals surface area contributed by atoms with Crippen LogP contribution in [0.15, 0.2) is 4.99 Å². The van der Waals surface area contributed by atoms with Crippen LogP contribution in [0.1, 0.15) is 232 Å². The quantitative estimate of drug-likeness (QED) is 0.0233. The molecule has 0 spiro atoms.